The number of thiazole rings is 1. The van der Waals surface area contributed by atoms with Crippen LogP contribution in [-0.2, 0) is 16.6 Å². The Labute approximate surface area is 219 Å². The Morgan fingerprint density at radius 1 is 1.36 bits per heavy atom. The lowest BCUT2D eigenvalue weighted by atomic mass is 9.55. The van der Waals surface area contributed by atoms with E-state index in [2.05, 4.69) is 15.3 Å². The molecule has 1 fully saturated rings. The lowest BCUT2D eigenvalue weighted by Gasteiger charge is -2.51. The molecule has 3 aromatic rings. The molecule has 0 amide bonds. The van der Waals surface area contributed by atoms with Crippen molar-refractivity contribution >= 4 is 55.5 Å². The Morgan fingerprint density at radius 2 is 2.11 bits per heavy atom. The number of rotatable bonds is 7. The van der Waals surface area contributed by atoms with E-state index in [1.54, 1.807) is 24.1 Å². The van der Waals surface area contributed by atoms with E-state index in [-0.39, 0.29) is 42.1 Å². The summed E-state index contributed by atoms with van der Waals surface area (Å²) in [4.78, 5) is 23.7. The second kappa shape index (κ2) is 10.1. The predicted molar refractivity (Wildman–Crippen MR) is 138 cm³/mol. The molecular formula is C24H23B2ClF2N4O2S. The third-order valence-corrected chi connectivity index (χ3v) is 7.76. The van der Waals surface area contributed by atoms with Crippen molar-refractivity contribution < 1.29 is 18.7 Å². The third kappa shape index (κ3) is 5.14. The number of aliphatic carboxylic acids is 1. The van der Waals surface area contributed by atoms with Crippen LogP contribution in [0, 0.1) is 24.0 Å². The van der Waals surface area contributed by atoms with Crippen molar-refractivity contribution in [2.24, 2.45) is 5.41 Å². The molecule has 0 spiro atoms. The number of hydrogen-bond acceptors (Lipinski definition) is 6. The van der Waals surface area contributed by atoms with Crippen molar-refractivity contribution in [1.29, 1.82) is 0 Å². The van der Waals surface area contributed by atoms with Gasteiger partial charge < -0.3 is 15.3 Å². The van der Waals surface area contributed by atoms with Gasteiger partial charge in [-0.25, -0.2) is 18.7 Å². The maximum atomic E-state index is 14.8. The third-order valence-electron chi connectivity index (χ3n) is 6.64. The molecule has 1 aliphatic rings. The van der Waals surface area contributed by atoms with Gasteiger partial charge in [-0.05, 0) is 62.3 Å². The Bertz CT molecular complexity index is 1290. The van der Waals surface area contributed by atoms with Gasteiger partial charge >= 0.3 is 5.97 Å². The van der Waals surface area contributed by atoms with Crippen LogP contribution in [0.3, 0.4) is 0 Å². The molecule has 6 nitrogen and oxygen atoms in total. The number of carboxylic acids is 1. The quantitative estimate of drug-likeness (QED) is 0.432. The van der Waals surface area contributed by atoms with Gasteiger partial charge in [0.25, 0.3) is 0 Å². The predicted octanol–water partition coefficient (Wildman–Crippen LogP) is 4.77. The molecule has 2 aromatic heterocycles. The first kappa shape index (κ1) is 26.6. The van der Waals surface area contributed by atoms with Gasteiger partial charge in [0.1, 0.15) is 17.5 Å². The first-order valence-electron chi connectivity index (χ1n) is 11.3. The minimum absolute atomic E-state index is 0.00795. The molecule has 184 valence electrons. The van der Waals surface area contributed by atoms with Gasteiger partial charge in [0.15, 0.2) is 5.13 Å². The highest BCUT2D eigenvalue weighted by atomic mass is 35.5. The normalized spacial score (nSPS) is 20.9. The van der Waals surface area contributed by atoms with Crippen LogP contribution in [0.15, 0.2) is 36.5 Å². The molecule has 0 bridgehead atoms. The van der Waals surface area contributed by atoms with Crippen molar-refractivity contribution in [3.05, 3.63) is 69.3 Å². The number of anilines is 2. The fraction of sp³-hybridized carbons (Fsp3) is 0.375. The summed E-state index contributed by atoms with van der Waals surface area (Å²) in [6, 6.07) is 6.66. The van der Waals surface area contributed by atoms with E-state index >= 15 is 0 Å². The molecule has 0 saturated carbocycles. The van der Waals surface area contributed by atoms with Crippen LogP contribution >= 0.6 is 22.9 Å². The SMILES string of the molecule is [B]C([B])(c1cccc(Cl)c1F)N1CCC(Cc2nc(Nc3ncc(C)s3)ccc2F)(C(=O)O)CC1C. The Kier molecular flexibility index (Phi) is 7.46. The zero-order chi connectivity index (χ0) is 26.3. The summed E-state index contributed by atoms with van der Waals surface area (Å²) in [5, 5.41) is 12.0. The number of pyridine rings is 1. The first-order chi connectivity index (χ1) is 16.9. The molecule has 2 atom stereocenters. The maximum absolute atomic E-state index is 14.8. The average Bonchev–Trinajstić information content (AvgIpc) is 3.22. The Hall–Kier alpha value is -2.49. The van der Waals surface area contributed by atoms with Gasteiger partial charge in [-0.3, -0.25) is 4.79 Å². The van der Waals surface area contributed by atoms with Crippen LogP contribution in [-0.4, -0.2) is 54.2 Å². The Balaban J connectivity index is 1.58. The van der Waals surface area contributed by atoms with Gasteiger partial charge in [0.2, 0.25) is 0 Å². The van der Waals surface area contributed by atoms with Crippen molar-refractivity contribution in [3.8, 4) is 0 Å². The number of likely N-dealkylation sites (tertiary alicyclic amines) is 1. The van der Waals surface area contributed by atoms with Gasteiger partial charge in [-0.1, -0.05) is 23.7 Å². The lowest BCUT2D eigenvalue weighted by Crippen LogP contribution is -2.59. The standard InChI is InChI=1S/C24H23B2ClF2N4O2S/c1-13-10-23(21(34)35,8-9-33(13)24(25,26)15-4-3-5-16(27)20(15)29)11-18-17(28)6-7-19(31-18)32-22-30-12-14(2)36-22/h3-7,12-13H,8-11H2,1-2H3,(H,34,35)(H,30,31,32). The maximum Gasteiger partial charge on any atom is 0.310 e. The monoisotopic (exact) mass is 526 g/mol. The number of nitrogens with one attached hydrogen (secondary N) is 1. The highest BCUT2D eigenvalue weighted by Crippen LogP contribution is 2.42. The molecule has 1 aliphatic heterocycles. The fourth-order valence-corrected chi connectivity index (χ4v) is 5.65. The number of piperidine rings is 1. The largest absolute Gasteiger partial charge is 0.481 e. The van der Waals surface area contributed by atoms with Crippen molar-refractivity contribution in [2.45, 2.75) is 44.5 Å². The number of carboxylic acid groups (broad SMARTS) is 1. The van der Waals surface area contributed by atoms with E-state index in [1.807, 2.05) is 6.92 Å². The zero-order valence-corrected chi connectivity index (χ0v) is 21.3. The molecule has 2 unspecified atom stereocenters. The van der Waals surface area contributed by atoms with Crippen LogP contribution in [0.1, 0.15) is 35.9 Å². The van der Waals surface area contributed by atoms with Gasteiger partial charge in [0, 0.05) is 23.5 Å². The second-order valence-electron chi connectivity index (χ2n) is 9.21. The van der Waals surface area contributed by atoms with Gasteiger partial charge in [-0.2, -0.15) is 0 Å². The first-order valence-corrected chi connectivity index (χ1v) is 12.5. The summed E-state index contributed by atoms with van der Waals surface area (Å²) in [6.07, 6.45) is 1.78. The summed E-state index contributed by atoms with van der Waals surface area (Å²) in [7, 11) is 12.8. The summed E-state index contributed by atoms with van der Waals surface area (Å²) in [5.41, 5.74) is -1.28. The fourth-order valence-electron chi connectivity index (χ4n) is 4.80. The highest BCUT2D eigenvalue weighted by Gasteiger charge is 2.48. The summed E-state index contributed by atoms with van der Waals surface area (Å²) in [6.45, 7) is 3.82. The van der Waals surface area contributed by atoms with Gasteiger partial charge in [0.05, 0.1) is 31.8 Å². The van der Waals surface area contributed by atoms with E-state index in [0.717, 1.165) is 4.88 Å². The summed E-state index contributed by atoms with van der Waals surface area (Å²) >= 11 is 7.34. The van der Waals surface area contributed by atoms with Gasteiger partial charge in [-0.15, -0.1) is 11.3 Å². The molecule has 4 radical (unpaired) electrons. The second-order valence-corrected chi connectivity index (χ2v) is 10.9. The van der Waals surface area contributed by atoms with Crippen molar-refractivity contribution in [1.82, 2.24) is 14.9 Å². The molecule has 1 aromatic carbocycles. The summed E-state index contributed by atoms with van der Waals surface area (Å²) in [5.74, 6) is -2.03. The smallest absolute Gasteiger partial charge is 0.310 e. The number of nitrogens with zero attached hydrogens (tertiary/aromatic N) is 3. The van der Waals surface area contributed by atoms with E-state index in [1.165, 1.54) is 35.6 Å². The van der Waals surface area contributed by atoms with Crippen LogP contribution in [0.4, 0.5) is 19.7 Å². The molecule has 12 heteroatoms. The van der Waals surface area contributed by atoms with E-state index in [4.69, 9.17) is 27.3 Å². The zero-order valence-electron chi connectivity index (χ0n) is 19.8. The number of benzene rings is 1. The minimum atomic E-state index is -1.72. The van der Waals surface area contributed by atoms with E-state index < -0.39 is 34.4 Å². The summed E-state index contributed by atoms with van der Waals surface area (Å²) < 4.78 is 29.5. The van der Waals surface area contributed by atoms with Crippen LogP contribution in [0.2, 0.25) is 5.02 Å². The molecule has 1 saturated heterocycles. The molecular weight excluding hydrogens is 503 g/mol. The van der Waals surface area contributed by atoms with Crippen LogP contribution < -0.4 is 5.32 Å². The number of hydrogen-bond donors (Lipinski definition) is 2. The molecule has 0 aliphatic carbocycles. The van der Waals surface area contributed by atoms with E-state index in [9.17, 15) is 18.7 Å². The van der Waals surface area contributed by atoms with Crippen LogP contribution in [0.25, 0.3) is 0 Å². The van der Waals surface area contributed by atoms with E-state index in [0.29, 0.717) is 10.9 Å². The number of aryl methyl sites for hydroxylation is 1. The molecule has 3 heterocycles. The average molecular weight is 527 g/mol. The minimum Gasteiger partial charge on any atom is -0.481 e. The molecule has 4 rings (SSSR count). The number of aromatic nitrogens is 2. The molecule has 2 N–H and O–H groups in total. The highest BCUT2D eigenvalue weighted by molar-refractivity contribution is 7.15. The Morgan fingerprint density at radius 3 is 2.75 bits per heavy atom. The van der Waals surface area contributed by atoms with Crippen molar-refractivity contribution in [3.63, 3.8) is 0 Å². The van der Waals surface area contributed by atoms with Crippen molar-refractivity contribution in [2.75, 3.05) is 11.9 Å². The molecule has 36 heavy (non-hydrogen) atoms. The lowest BCUT2D eigenvalue weighted by molar-refractivity contribution is -0.154. The van der Waals surface area contributed by atoms with Crippen LogP contribution in [0.5, 0.6) is 0 Å². The topological polar surface area (TPSA) is 78.4 Å². The number of carbonyl (C=O) groups is 1. The number of halogens is 3.